The summed E-state index contributed by atoms with van der Waals surface area (Å²) in [6.45, 7) is 6.15. The van der Waals surface area contributed by atoms with Gasteiger partial charge in [0.1, 0.15) is 6.04 Å². The van der Waals surface area contributed by atoms with Crippen LogP contribution in [0.5, 0.6) is 0 Å². The molecule has 0 spiro atoms. The van der Waals surface area contributed by atoms with Crippen LogP contribution in [0.3, 0.4) is 0 Å². The van der Waals surface area contributed by atoms with Gasteiger partial charge in [-0.3, -0.25) is 4.79 Å². The van der Waals surface area contributed by atoms with Gasteiger partial charge >= 0.3 is 12.0 Å². The summed E-state index contributed by atoms with van der Waals surface area (Å²) < 4.78 is 0. The first-order valence-corrected chi connectivity index (χ1v) is 6.41. The highest BCUT2D eigenvalue weighted by Crippen LogP contribution is 2.05. The predicted octanol–water partition coefficient (Wildman–Crippen LogP) is 0.535. The van der Waals surface area contributed by atoms with Gasteiger partial charge in [0.05, 0.1) is 0 Å². The molecule has 110 valence electrons. The zero-order valence-corrected chi connectivity index (χ0v) is 11.7. The number of carboxylic acid groups (broad SMARTS) is 1. The van der Waals surface area contributed by atoms with Crippen molar-refractivity contribution >= 4 is 17.9 Å². The molecule has 0 aromatic carbocycles. The highest BCUT2D eigenvalue weighted by Gasteiger charge is 2.24. The topological polar surface area (TPSA) is 113 Å². The molecule has 0 aliphatic carbocycles. The lowest BCUT2D eigenvalue weighted by atomic mass is 10.1. The Kier molecular flexibility index (Phi) is 7.55. The highest BCUT2D eigenvalue weighted by atomic mass is 16.4. The van der Waals surface area contributed by atoms with Crippen molar-refractivity contribution in [1.29, 1.82) is 0 Å². The number of hydrogen-bond acceptors (Lipinski definition) is 3. The van der Waals surface area contributed by atoms with Crippen molar-refractivity contribution < 1.29 is 19.5 Å². The van der Waals surface area contributed by atoms with E-state index in [4.69, 9.17) is 10.8 Å². The molecule has 4 N–H and O–H groups in total. The summed E-state index contributed by atoms with van der Waals surface area (Å²) in [5.74, 6) is -1.76. The maximum Gasteiger partial charge on any atom is 0.326 e. The van der Waals surface area contributed by atoms with E-state index in [1.807, 2.05) is 20.8 Å². The molecular formula is C12H23N3O4. The largest absolute Gasteiger partial charge is 0.480 e. The van der Waals surface area contributed by atoms with Gasteiger partial charge in [-0.25, -0.2) is 9.59 Å². The molecule has 0 aliphatic rings. The summed E-state index contributed by atoms with van der Waals surface area (Å²) in [6, 6.07) is -1.51. The molecule has 0 radical (unpaired) electrons. The second-order valence-corrected chi connectivity index (χ2v) is 4.39. The lowest BCUT2D eigenvalue weighted by Gasteiger charge is -2.28. The standard InChI is InChI=1S/C12H23N3O4/c1-4-8(3)15(5-2)12(19)14-9(11(17)18)6-7-10(13)16/h8-9H,4-7H2,1-3H3,(H2,13,16)(H,14,19)(H,17,18). The van der Waals surface area contributed by atoms with Crippen LogP contribution in [0.15, 0.2) is 0 Å². The van der Waals surface area contributed by atoms with Gasteiger partial charge in [0, 0.05) is 19.0 Å². The van der Waals surface area contributed by atoms with Crippen molar-refractivity contribution in [2.45, 2.75) is 52.1 Å². The lowest BCUT2D eigenvalue weighted by Crippen LogP contribution is -2.50. The van der Waals surface area contributed by atoms with Crippen molar-refractivity contribution in [3.8, 4) is 0 Å². The van der Waals surface area contributed by atoms with Crippen molar-refractivity contribution in [2.75, 3.05) is 6.54 Å². The van der Waals surface area contributed by atoms with Gasteiger partial charge in [-0.15, -0.1) is 0 Å². The minimum atomic E-state index is -1.17. The molecule has 0 saturated heterocycles. The van der Waals surface area contributed by atoms with Gasteiger partial charge < -0.3 is 21.1 Å². The summed E-state index contributed by atoms with van der Waals surface area (Å²) in [5, 5.41) is 11.4. The van der Waals surface area contributed by atoms with Crippen LogP contribution in [0.2, 0.25) is 0 Å². The van der Waals surface area contributed by atoms with E-state index in [2.05, 4.69) is 5.32 Å². The lowest BCUT2D eigenvalue weighted by molar-refractivity contribution is -0.139. The Labute approximate surface area is 113 Å². The third kappa shape index (κ3) is 6.08. The third-order valence-corrected chi connectivity index (χ3v) is 3.00. The Hall–Kier alpha value is -1.79. The van der Waals surface area contributed by atoms with Crippen LogP contribution in [-0.4, -0.2) is 46.5 Å². The first kappa shape index (κ1) is 17.2. The Morgan fingerprint density at radius 1 is 1.32 bits per heavy atom. The van der Waals surface area contributed by atoms with E-state index in [1.54, 1.807) is 4.90 Å². The number of carboxylic acids is 1. The summed E-state index contributed by atoms with van der Waals surface area (Å²) in [6.07, 6.45) is 0.696. The molecule has 7 nitrogen and oxygen atoms in total. The molecule has 0 rings (SSSR count). The van der Waals surface area contributed by atoms with Crippen LogP contribution in [0.1, 0.15) is 40.0 Å². The normalized spacial score (nSPS) is 13.4. The Morgan fingerprint density at radius 2 is 1.89 bits per heavy atom. The average Bonchev–Trinajstić information content (AvgIpc) is 2.34. The average molecular weight is 273 g/mol. The Balaban J connectivity index is 4.60. The number of carbonyl (C=O) groups excluding carboxylic acids is 2. The van der Waals surface area contributed by atoms with E-state index in [9.17, 15) is 14.4 Å². The Morgan fingerprint density at radius 3 is 2.26 bits per heavy atom. The van der Waals surface area contributed by atoms with Gasteiger partial charge in [-0.2, -0.15) is 0 Å². The molecule has 0 aliphatic heterocycles. The fourth-order valence-corrected chi connectivity index (χ4v) is 1.65. The quantitative estimate of drug-likeness (QED) is 0.598. The molecular weight excluding hydrogens is 250 g/mol. The molecule has 2 atom stereocenters. The van der Waals surface area contributed by atoms with Gasteiger partial charge in [0.2, 0.25) is 5.91 Å². The van der Waals surface area contributed by atoms with Gasteiger partial charge in [0.15, 0.2) is 0 Å². The molecule has 0 aromatic heterocycles. The van der Waals surface area contributed by atoms with Crippen LogP contribution < -0.4 is 11.1 Å². The van der Waals surface area contributed by atoms with Crippen LogP contribution in [-0.2, 0) is 9.59 Å². The summed E-state index contributed by atoms with van der Waals surface area (Å²) in [7, 11) is 0. The third-order valence-electron chi connectivity index (χ3n) is 3.00. The summed E-state index contributed by atoms with van der Waals surface area (Å²) >= 11 is 0. The monoisotopic (exact) mass is 273 g/mol. The maximum absolute atomic E-state index is 12.0. The predicted molar refractivity (Wildman–Crippen MR) is 70.5 cm³/mol. The summed E-state index contributed by atoms with van der Waals surface area (Å²) in [5.41, 5.74) is 4.97. The van der Waals surface area contributed by atoms with E-state index >= 15 is 0 Å². The van der Waals surface area contributed by atoms with Crippen LogP contribution in [0.4, 0.5) is 4.79 Å². The van der Waals surface area contributed by atoms with Crippen LogP contribution in [0, 0.1) is 0 Å². The molecule has 7 heteroatoms. The van der Waals surface area contributed by atoms with E-state index in [1.165, 1.54) is 0 Å². The second-order valence-electron chi connectivity index (χ2n) is 4.39. The van der Waals surface area contributed by atoms with Crippen LogP contribution in [0.25, 0.3) is 0 Å². The smallest absolute Gasteiger partial charge is 0.326 e. The molecule has 0 heterocycles. The summed E-state index contributed by atoms with van der Waals surface area (Å²) in [4.78, 5) is 35.2. The van der Waals surface area contributed by atoms with Crippen molar-refractivity contribution in [3.63, 3.8) is 0 Å². The molecule has 19 heavy (non-hydrogen) atoms. The molecule has 2 unspecified atom stereocenters. The van der Waals surface area contributed by atoms with E-state index < -0.39 is 23.9 Å². The number of nitrogens with zero attached hydrogens (tertiary/aromatic N) is 1. The molecule has 0 fully saturated rings. The second kappa shape index (κ2) is 8.34. The molecule has 0 saturated carbocycles. The number of aliphatic carboxylic acids is 1. The van der Waals surface area contributed by atoms with Crippen molar-refractivity contribution in [1.82, 2.24) is 10.2 Å². The number of amides is 3. The zero-order valence-electron chi connectivity index (χ0n) is 11.7. The number of urea groups is 1. The molecule has 0 aromatic rings. The van der Waals surface area contributed by atoms with E-state index in [0.717, 1.165) is 6.42 Å². The van der Waals surface area contributed by atoms with E-state index in [0.29, 0.717) is 6.54 Å². The van der Waals surface area contributed by atoms with Gasteiger partial charge in [-0.05, 0) is 26.7 Å². The minimum absolute atomic E-state index is 0.00549. The fourth-order valence-electron chi connectivity index (χ4n) is 1.65. The number of carbonyl (C=O) groups is 3. The molecule has 3 amide bonds. The van der Waals surface area contributed by atoms with Gasteiger partial charge in [0.25, 0.3) is 0 Å². The zero-order chi connectivity index (χ0) is 15.0. The SMILES string of the molecule is CCC(C)N(CC)C(=O)NC(CCC(N)=O)C(=O)O. The number of nitrogens with two attached hydrogens (primary N) is 1. The van der Waals surface area contributed by atoms with Crippen molar-refractivity contribution in [3.05, 3.63) is 0 Å². The number of rotatable bonds is 8. The number of primary amides is 1. The number of nitrogens with one attached hydrogen (secondary N) is 1. The Bertz CT molecular complexity index is 333. The van der Waals surface area contributed by atoms with Gasteiger partial charge in [-0.1, -0.05) is 6.92 Å². The first-order valence-electron chi connectivity index (χ1n) is 6.41. The first-order chi connectivity index (χ1) is 8.83. The minimum Gasteiger partial charge on any atom is -0.480 e. The van der Waals surface area contributed by atoms with Crippen molar-refractivity contribution in [2.24, 2.45) is 5.73 Å². The highest BCUT2D eigenvalue weighted by molar-refractivity contribution is 5.83. The van der Waals surface area contributed by atoms with Crippen LogP contribution >= 0.6 is 0 Å². The van der Waals surface area contributed by atoms with E-state index in [-0.39, 0.29) is 18.9 Å². The fraction of sp³-hybridized carbons (Fsp3) is 0.750. The maximum atomic E-state index is 12.0. The molecule has 0 bridgehead atoms. The number of hydrogen-bond donors (Lipinski definition) is 3.